The minimum Gasteiger partial charge on any atom is -0.483 e. The minimum absolute atomic E-state index is 0.105. The summed E-state index contributed by atoms with van der Waals surface area (Å²) >= 11 is 0. The molecular formula is C21H25NO4. The van der Waals surface area contributed by atoms with E-state index in [-0.39, 0.29) is 12.5 Å². The van der Waals surface area contributed by atoms with Crippen molar-refractivity contribution in [3.63, 3.8) is 0 Å². The molecule has 1 amide bonds. The minimum atomic E-state index is -0.904. The van der Waals surface area contributed by atoms with Crippen LogP contribution in [0, 0.1) is 0 Å². The maximum absolute atomic E-state index is 12.2. The molecule has 2 unspecified atom stereocenters. The first-order valence-corrected chi connectivity index (χ1v) is 8.76. The number of amides is 1. The SMILES string of the molecule is CCC(C)c1ccccc1OCC(=O)Nc1cccc(C(C)C(=O)O)c1. The van der Waals surface area contributed by atoms with E-state index >= 15 is 0 Å². The lowest BCUT2D eigenvalue weighted by atomic mass is 9.98. The number of carboxylic acids is 1. The molecule has 2 atom stereocenters. The number of carboxylic acid groups (broad SMARTS) is 1. The van der Waals surface area contributed by atoms with Crippen LogP contribution in [0.4, 0.5) is 5.69 Å². The van der Waals surface area contributed by atoms with Gasteiger partial charge in [-0.1, -0.05) is 44.2 Å². The van der Waals surface area contributed by atoms with Gasteiger partial charge in [-0.25, -0.2) is 0 Å². The molecule has 0 heterocycles. The van der Waals surface area contributed by atoms with Crippen molar-refractivity contribution in [1.29, 1.82) is 0 Å². The van der Waals surface area contributed by atoms with Gasteiger partial charge < -0.3 is 15.2 Å². The van der Waals surface area contributed by atoms with Crippen LogP contribution in [-0.2, 0) is 9.59 Å². The van der Waals surface area contributed by atoms with Crippen molar-refractivity contribution in [3.8, 4) is 5.75 Å². The summed E-state index contributed by atoms with van der Waals surface area (Å²) in [6, 6.07) is 14.6. The topological polar surface area (TPSA) is 75.6 Å². The first kappa shape index (κ1) is 19.5. The number of hydrogen-bond acceptors (Lipinski definition) is 3. The van der Waals surface area contributed by atoms with Crippen molar-refractivity contribution in [2.45, 2.75) is 39.0 Å². The fourth-order valence-electron chi connectivity index (χ4n) is 2.61. The van der Waals surface area contributed by atoms with Crippen molar-refractivity contribution in [2.75, 3.05) is 11.9 Å². The maximum atomic E-state index is 12.2. The number of nitrogens with one attached hydrogen (secondary N) is 1. The molecule has 0 fully saturated rings. The van der Waals surface area contributed by atoms with Crippen LogP contribution in [0.2, 0.25) is 0 Å². The lowest BCUT2D eigenvalue weighted by molar-refractivity contribution is -0.138. The molecule has 0 spiro atoms. The van der Waals surface area contributed by atoms with Gasteiger partial charge in [0.25, 0.3) is 5.91 Å². The van der Waals surface area contributed by atoms with Crippen LogP contribution >= 0.6 is 0 Å². The van der Waals surface area contributed by atoms with Crippen LogP contribution in [0.5, 0.6) is 5.75 Å². The Labute approximate surface area is 154 Å². The molecule has 2 rings (SSSR count). The molecular weight excluding hydrogens is 330 g/mol. The highest BCUT2D eigenvalue weighted by atomic mass is 16.5. The second-order valence-electron chi connectivity index (χ2n) is 6.37. The Morgan fingerprint density at radius 1 is 1.12 bits per heavy atom. The summed E-state index contributed by atoms with van der Waals surface area (Å²) in [7, 11) is 0. The van der Waals surface area contributed by atoms with E-state index in [9.17, 15) is 9.59 Å². The molecule has 2 N–H and O–H groups in total. The molecule has 0 saturated carbocycles. The summed E-state index contributed by atoms with van der Waals surface area (Å²) in [5.74, 6) is -0.762. The number of carbonyl (C=O) groups is 2. The zero-order chi connectivity index (χ0) is 19.1. The third kappa shape index (κ3) is 5.09. The van der Waals surface area contributed by atoms with Gasteiger partial charge in [-0.15, -0.1) is 0 Å². The van der Waals surface area contributed by atoms with Crippen LogP contribution in [0.15, 0.2) is 48.5 Å². The number of carbonyl (C=O) groups excluding carboxylic acids is 1. The quantitative estimate of drug-likeness (QED) is 0.736. The molecule has 2 aromatic rings. The second kappa shape index (κ2) is 9.04. The normalized spacial score (nSPS) is 12.9. The number of hydrogen-bond donors (Lipinski definition) is 2. The fraction of sp³-hybridized carbons (Fsp3) is 0.333. The first-order valence-electron chi connectivity index (χ1n) is 8.76. The summed E-state index contributed by atoms with van der Waals surface area (Å²) < 4.78 is 5.70. The van der Waals surface area contributed by atoms with Crippen LogP contribution in [0.25, 0.3) is 0 Å². The molecule has 0 saturated heterocycles. The van der Waals surface area contributed by atoms with Crippen LogP contribution < -0.4 is 10.1 Å². The molecule has 0 aliphatic carbocycles. The van der Waals surface area contributed by atoms with E-state index in [0.717, 1.165) is 12.0 Å². The lowest BCUT2D eigenvalue weighted by Crippen LogP contribution is -2.21. The molecule has 0 radical (unpaired) electrons. The van der Waals surface area contributed by atoms with Gasteiger partial charge in [0.05, 0.1) is 5.92 Å². The smallest absolute Gasteiger partial charge is 0.310 e. The monoisotopic (exact) mass is 355 g/mol. The Morgan fingerprint density at radius 2 is 1.85 bits per heavy atom. The lowest BCUT2D eigenvalue weighted by Gasteiger charge is -2.15. The van der Waals surface area contributed by atoms with Crippen LogP contribution in [0.1, 0.15) is 50.2 Å². The number of para-hydroxylation sites is 1. The van der Waals surface area contributed by atoms with Crippen molar-refractivity contribution >= 4 is 17.6 Å². The van der Waals surface area contributed by atoms with Crippen molar-refractivity contribution in [3.05, 3.63) is 59.7 Å². The average molecular weight is 355 g/mol. The van der Waals surface area contributed by atoms with E-state index in [1.165, 1.54) is 0 Å². The predicted octanol–water partition coefficient (Wildman–Crippen LogP) is 4.41. The van der Waals surface area contributed by atoms with Gasteiger partial charge in [0.1, 0.15) is 5.75 Å². The van der Waals surface area contributed by atoms with E-state index in [1.807, 2.05) is 24.3 Å². The summed E-state index contributed by atoms with van der Waals surface area (Å²) in [4.78, 5) is 23.3. The van der Waals surface area contributed by atoms with E-state index in [1.54, 1.807) is 31.2 Å². The van der Waals surface area contributed by atoms with Crippen LogP contribution in [-0.4, -0.2) is 23.6 Å². The maximum Gasteiger partial charge on any atom is 0.310 e. The van der Waals surface area contributed by atoms with E-state index < -0.39 is 11.9 Å². The molecule has 26 heavy (non-hydrogen) atoms. The number of anilines is 1. The van der Waals surface area contributed by atoms with E-state index in [4.69, 9.17) is 9.84 Å². The molecule has 0 aliphatic heterocycles. The summed E-state index contributed by atoms with van der Waals surface area (Å²) in [5.41, 5.74) is 2.28. The fourth-order valence-corrected chi connectivity index (χ4v) is 2.61. The molecule has 5 heteroatoms. The van der Waals surface area contributed by atoms with E-state index in [0.29, 0.717) is 22.9 Å². The first-order chi connectivity index (χ1) is 12.4. The largest absolute Gasteiger partial charge is 0.483 e. The Morgan fingerprint density at radius 3 is 2.54 bits per heavy atom. The summed E-state index contributed by atoms with van der Waals surface area (Å²) in [6.45, 7) is 5.74. The summed E-state index contributed by atoms with van der Waals surface area (Å²) in [6.07, 6.45) is 0.987. The Hall–Kier alpha value is -2.82. The van der Waals surface area contributed by atoms with Gasteiger partial charge in [-0.2, -0.15) is 0 Å². The second-order valence-corrected chi connectivity index (χ2v) is 6.37. The zero-order valence-corrected chi connectivity index (χ0v) is 15.4. The number of rotatable bonds is 8. The third-order valence-corrected chi connectivity index (χ3v) is 4.46. The number of ether oxygens (including phenoxy) is 1. The highest BCUT2D eigenvalue weighted by Gasteiger charge is 2.15. The molecule has 5 nitrogen and oxygen atoms in total. The molecule has 0 aliphatic rings. The number of benzene rings is 2. The van der Waals surface area contributed by atoms with Gasteiger partial charge in [0.15, 0.2) is 6.61 Å². The van der Waals surface area contributed by atoms with Crippen molar-refractivity contribution in [1.82, 2.24) is 0 Å². The third-order valence-electron chi connectivity index (χ3n) is 4.46. The van der Waals surface area contributed by atoms with Gasteiger partial charge in [-0.3, -0.25) is 9.59 Å². The van der Waals surface area contributed by atoms with E-state index in [2.05, 4.69) is 19.2 Å². The summed E-state index contributed by atoms with van der Waals surface area (Å²) in [5, 5.41) is 11.9. The van der Waals surface area contributed by atoms with Crippen LogP contribution in [0.3, 0.4) is 0 Å². The van der Waals surface area contributed by atoms with Gasteiger partial charge >= 0.3 is 5.97 Å². The van der Waals surface area contributed by atoms with Crippen molar-refractivity contribution < 1.29 is 19.4 Å². The molecule has 0 bridgehead atoms. The molecule has 138 valence electrons. The van der Waals surface area contributed by atoms with Gasteiger partial charge in [-0.05, 0) is 48.6 Å². The standard InChI is InChI=1S/C21H25NO4/c1-4-14(2)18-10-5-6-11-19(18)26-13-20(23)22-17-9-7-8-16(12-17)15(3)21(24)25/h5-12,14-15H,4,13H2,1-3H3,(H,22,23)(H,24,25). The Balaban J connectivity index is 2.00. The number of aliphatic carboxylic acids is 1. The predicted molar refractivity (Wildman–Crippen MR) is 102 cm³/mol. The Bertz CT molecular complexity index is 772. The Kier molecular flexibility index (Phi) is 6.78. The highest BCUT2D eigenvalue weighted by molar-refractivity contribution is 5.92. The molecule has 0 aromatic heterocycles. The van der Waals surface area contributed by atoms with Crippen molar-refractivity contribution in [2.24, 2.45) is 0 Å². The molecule has 2 aromatic carbocycles. The van der Waals surface area contributed by atoms with Gasteiger partial charge in [0, 0.05) is 5.69 Å². The average Bonchev–Trinajstić information content (AvgIpc) is 2.65. The highest BCUT2D eigenvalue weighted by Crippen LogP contribution is 2.28. The van der Waals surface area contributed by atoms with Gasteiger partial charge in [0.2, 0.25) is 0 Å². The zero-order valence-electron chi connectivity index (χ0n) is 15.4.